The Hall–Kier alpha value is -4.64. The zero-order valence-corrected chi connectivity index (χ0v) is 22.7. The maximum atomic E-state index is 12.8. The first-order valence-corrected chi connectivity index (χ1v) is 13.4. The number of ketones is 1. The van der Waals surface area contributed by atoms with Gasteiger partial charge in [0.15, 0.2) is 5.76 Å². The molecule has 0 bridgehead atoms. The molecule has 0 amide bonds. The Morgan fingerprint density at radius 1 is 0.750 bits per heavy atom. The van der Waals surface area contributed by atoms with E-state index in [-0.39, 0.29) is 11.5 Å². The van der Waals surface area contributed by atoms with E-state index in [4.69, 9.17) is 32.7 Å². The fraction of sp³-hybridized carbons (Fsp3) is 0. The summed E-state index contributed by atoms with van der Waals surface area (Å²) in [5.41, 5.74) is 6.44. The van der Waals surface area contributed by atoms with Gasteiger partial charge in [-0.25, -0.2) is 4.68 Å². The van der Waals surface area contributed by atoms with E-state index in [0.717, 1.165) is 33.8 Å². The van der Waals surface area contributed by atoms with Crippen molar-refractivity contribution in [2.45, 2.75) is 0 Å². The zero-order chi connectivity index (χ0) is 27.5. The second kappa shape index (κ2) is 11.2. The fourth-order valence-electron chi connectivity index (χ4n) is 4.43. The Kier molecular flexibility index (Phi) is 7.19. The van der Waals surface area contributed by atoms with Gasteiger partial charge in [0.1, 0.15) is 5.76 Å². The lowest BCUT2D eigenvalue weighted by Crippen LogP contribution is -1.99. The van der Waals surface area contributed by atoms with E-state index in [2.05, 4.69) is 30.3 Å². The van der Waals surface area contributed by atoms with E-state index in [1.807, 2.05) is 65.3 Å². The second-order valence-electron chi connectivity index (χ2n) is 9.11. The van der Waals surface area contributed by atoms with E-state index in [1.54, 1.807) is 36.4 Å². The van der Waals surface area contributed by atoms with Gasteiger partial charge in [0.05, 0.1) is 27.1 Å². The van der Waals surface area contributed by atoms with Crippen molar-refractivity contribution >= 4 is 35.1 Å². The van der Waals surface area contributed by atoms with Crippen LogP contribution in [0.25, 0.3) is 45.6 Å². The van der Waals surface area contributed by atoms with Crippen LogP contribution < -0.4 is 0 Å². The molecule has 4 aromatic carbocycles. The number of halogens is 2. The van der Waals surface area contributed by atoms with E-state index in [1.165, 1.54) is 6.08 Å². The van der Waals surface area contributed by atoms with Crippen molar-refractivity contribution in [2.24, 2.45) is 0 Å². The highest BCUT2D eigenvalue weighted by Gasteiger charge is 2.15. The van der Waals surface area contributed by atoms with Crippen LogP contribution in [-0.2, 0) is 0 Å². The number of furan rings is 1. The highest BCUT2D eigenvalue weighted by molar-refractivity contribution is 6.43. The molecule has 0 fully saturated rings. The number of aromatic nitrogens is 2. The quantitative estimate of drug-likeness (QED) is 0.144. The molecular formula is C34H22Cl2N2O2. The third-order valence-electron chi connectivity index (χ3n) is 6.48. The molecule has 0 N–H and O–H groups in total. The van der Waals surface area contributed by atoms with Gasteiger partial charge in [-0.2, -0.15) is 5.10 Å². The van der Waals surface area contributed by atoms with Crippen LogP contribution in [0.2, 0.25) is 10.0 Å². The molecular weight excluding hydrogens is 539 g/mol. The molecule has 6 heteroatoms. The molecule has 0 radical (unpaired) electrons. The van der Waals surface area contributed by atoms with Crippen LogP contribution in [0.1, 0.15) is 16.1 Å². The molecule has 4 nitrogen and oxygen atoms in total. The summed E-state index contributed by atoms with van der Waals surface area (Å²) >= 11 is 12.4. The van der Waals surface area contributed by atoms with Crippen LogP contribution in [-0.4, -0.2) is 15.6 Å². The Labute approximate surface area is 241 Å². The van der Waals surface area contributed by atoms with Crippen LogP contribution >= 0.6 is 23.2 Å². The minimum Gasteiger partial charge on any atom is -0.453 e. The smallest absolute Gasteiger partial charge is 0.221 e. The Bertz CT molecular complexity index is 1820. The maximum Gasteiger partial charge on any atom is 0.221 e. The van der Waals surface area contributed by atoms with Crippen LogP contribution in [0.3, 0.4) is 0 Å². The summed E-state index contributed by atoms with van der Waals surface area (Å²) in [4.78, 5) is 12.8. The van der Waals surface area contributed by atoms with Crippen LogP contribution in [0, 0.1) is 0 Å². The van der Waals surface area contributed by atoms with E-state index < -0.39 is 0 Å². The van der Waals surface area contributed by atoms with Crippen molar-refractivity contribution in [1.82, 2.24) is 9.78 Å². The molecule has 0 atom stereocenters. The van der Waals surface area contributed by atoms with Crippen molar-refractivity contribution in [3.63, 3.8) is 0 Å². The van der Waals surface area contributed by atoms with Crippen LogP contribution in [0.15, 0.2) is 132 Å². The molecule has 40 heavy (non-hydrogen) atoms. The number of hydrogen-bond donors (Lipinski definition) is 0. The van der Waals surface area contributed by atoms with Crippen molar-refractivity contribution in [3.8, 4) is 39.5 Å². The highest BCUT2D eigenvalue weighted by atomic mass is 35.5. The predicted molar refractivity (Wildman–Crippen MR) is 162 cm³/mol. The zero-order valence-electron chi connectivity index (χ0n) is 21.2. The normalized spacial score (nSPS) is 11.2. The molecule has 0 aliphatic heterocycles. The average Bonchev–Trinajstić information content (AvgIpc) is 3.67. The number of hydrogen-bond acceptors (Lipinski definition) is 3. The molecule has 0 spiro atoms. The van der Waals surface area contributed by atoms with Crippen molar-refractivity contribution in [1.29, 1.82) is 0 Å². The molecule has 0 aliphatic rings. The van der Waals surface area contributed by atoms with Gasteiger partial charge in [0, 0.05) is 16.7 Å². The molecule has 2 aromatic heterocycles. The molecule has 0 saturated heterocycles. The topological polar surface area (TPSA) is 48.0 Å². The van der Waals surface area contributed by atoms with Gasteiger partial charge in [0.2, 0.25) is 5.78 Å². The standard InChI is InChI=1S/C34H22Cl2N2O2/c35-28-13-7-12-27(34(28)36)32-20-21-33(40-32)31(39)19-16-23-14-17-26(18-15-23)38-30(25-10-5-2-6-11-25)22-29(37-38)24-8-3-1-4-9-24/h1-22H. The number of carbonyl (C=O) groups is 1. The summed E-state index contributed by atoms with van der Waals surface area (Å²) in [6, 6.07) is 38.9. The molecule has 0 saturated carbocycles. The fourth-order valence-corrected chi connectivity index (χ4v) is 4.83. The summed E-state index contributed by atoms with van der Waals surface area (Å²) in [7, 11) is 0. The monoisotopic (exact) mass is 560 g/mol. The highest BCUT2D eigenvalue weighted by Crippen LogP contribution is 2.34. The largest absolute Gasteiger partial charge is 0.453 e. The predicted octanol–water partition coefficient (Wildman–Crippen LogP) is 9.67. The maximum absolute atomic E-state index is 12.8. The van der Waals surface area contributed by atoms with Gasteiger partial charge >= 0.3 is 0 Å². The number of carbonyl (C=O) groups excluding carboxylic acids is 1. The average molecular weight is 561 g/mol. The minimum absolute atomic E-state index is 0.219. The van der Waals surface area contributed by atoms with Crippen LogP contribution in [0.5, 0.6) is 0 Å². The number of benzene rings is 4. The summed E-state index contributed by atoms with van der Waals surface area (Å²) in [6.45, 7) is 0. The molecule has 194 valence electrons. The SMILES string of the molecule is O=C(C=Cc1ccc(-n2nc(-c3ccccc3)cc2-c2ccccc2)cc1)c1ccc(-c2cccc(Cl)c2Cl)o1. The van der Waals surface area contributed by atoms with Gasteiger partial charge in [-0.05, 0) is 54.1 Å². The number of nitrogens with zero attached hydrogens (tertiary/aromatic N) is 2. The number of rotatable bonds is 7. The van der Waals surface area contributed by atoms with Crippen molar-refractivity contribution in [2.75, 3.05) is 0 Å². The molecule has 0 aliphatic carbocycles. The third-order valence-corrected chi connectivity index (χ3v) is 7.30. The lowest BCUT2D eigenvalue weighted by molar-refractivity contribution is 0.102. The molecule has 6 rings (SSSR count). The van der Waals surface area contributed by atoms with Crippen molar-refractivity contribution in [3.05, 3.63) is 149 Å². The van der Waals surface area contributed by atoms with Gasteiger partial charge in [-0.3, -0.25) is 4.79 Å². The summed E-state index contributed by atoms with van der Waals surface area (Å²) in [5, 5.41) is 5.73. The van der Waals surface area contributed by atoms with Gasteiger partial charge < -0.3 is 4.42 Å². The Morgan fingerprint density at radius 3 is 2.17 bits per heavy atom. The van der Waals surface area contributed by atoms with Crippen LogP contribution in [0.4, 0.5) is 0 Å². The lowest BCUT2D eigenvalue weighted by atomic mass is 10.1. The summed E-state index contributed by atoms with van der Waals surface area (Å²) < 4.78 is 7.72. The van der Waals surface area contributed by atoms with Gasteiger partial charge in [0.25, 0.3) is 0 Å². The van der Waals surface area contributed by atoms with E-state index >= 15 is 0 Å². The minimum atomic E-state index is -0.251. The second-order valence-corrected chi connectivity index (χ2v) is 9.90. The first-order chi connectivity index (χ1) is 19.6. The Balaban J connectivity index is 1.24. The number of allylic oxidation sites excluding steroid dienone is 1. The first kappa shape index (κ1) is 25.6. The van der Waals surface area contributed by atoms with Gasteiger partial charge in [-0.1, -0.05) is 108 Å². The Morgan fingerprint density at radius 2 is 1.45 bits per heavy atom. The summed E-state index contributed by atoms with van der Waals surface area (Å²) in [5.74, 6) is 0.452. The van der Waals surface area contributed by atoms with Crippen molar-refractivity contribution < 1.29 is 9.21 Å². The lowest BCUT2D eigenvalue weighted by Gasteiger charge is -2.08. The summed E-state index contributed by atoms with van der Waals surface area (Å²) in [6.07, 6.45) is 3.26. The van der Waals surface area contributed by atoms with E-state index in [9.17, 15) is 4.79 Å². The molecule has 2 heterocycles. The van der Waals surface area contributed by atoms with E-state index in [0.29, 0.717) is 21.4 Å². The molecule has 0 unspecified atom stereocenters. The van der Waals surface area contributed by atoms with Gasteiger partial charge in [-0.15, -0.1) is 0 Å². The third kappa shape index (κ3) is 5.28. The first-order valence-electron chi connectivity index (χ1n) is 12.6. The molecule has 6 aromatic rings.